The molecule has 1 aliphatic heterocycles. The molecule has 1 fully saturated rings. The van der Waals surface area contributed by atoms with Gasteiger partial charge in [0.25, 0.3) is 0 Å². The molecule has 10 heavy (non-hydrogen) atoms. The molecule has 60 valence electrons. The average molecular weight is 256 g/mol. The Labute approximate surface area is 71.7 Å². The standard InChI is InChI=1S/C6H13IN2O/c1-5-3-8-6(9-7-2)10-4-5/h5-6,8H,3-4H2,1-2H3. The monoisotopic (exact) mass is 256 g/mol. The summed E-state index contributed by atoms with van der Waals surface area (Å²) in [4.78, 5) is 2.13. The van der Waals surface area contributed by atoms with E-state index in [9.17, 15) is 0 Å². The lowest BCUT2D eigenvalue weighted by Gasteiger charge is -2.24. The zero-order valence-corrected chi connectivity index (χ0v) is 8.46. The Hall–Kier alpha value is 0.450. The number of hydrogen-bond donors (Lipinski definition) is 1. The maximum Gasteiger partial charge on any atom is 0.209 e. The van der Waals surface area contributed by atoms with E-state index < -0.39 is 0 Å². The molecule has 2 atom stereocenters. The van der Waals surface area contributed by atoms with E-state index in [-0.39, 0.29) is 27.4 Å². The van der Waals surface area contributed by atoms with Crippen LogP contribution in [0.15, 0.2) is 3.15 Å². The molecule has 1 N–H and O–H groups in total. The Morgan fingerprint density at radius 1 is 1.70 bits per heavy atom. The molecular weight excluding hydrogens is 243 g/mol. The highest BCUT2D eigenvalue weighted by Crippen LogP contribution is 2.07. The van der Waals surface area contributed by atoms with Gasteiger partial charge in [0, 0.05) is 6.54 Å². The lowest BCUT2D eigenvalue weighted by molar-refractivity contribution is -0.0153. The Morgan fingerprint density at radius 3 is 3.00 bits per heavy atom. The van der Waals surface area contributed by atoms with Gasteiger partial charge in [-0.05, 0) is 31.9 Å². The molecule has 1 saturated heterocycles. The molecule has 1 heterocycles. The van der Waals surface area contributed by atoms with Gasteiger partial charge in [-0.15, -0.1) is 0 Å². The molecule has 3 nitrogen and oxygen atoms in total. The smallest absolute Gasteiger partial charge is 0.209 e. The summed E-state index contributed by atoms with van der Waals surface area (Å²) in [6, 6.07) is 0. The minimum Gasteiger partial charge on any atom is -0.343 e. The van der Waals surface area contributed by atoms with E-state index in [1.165, 1.54) is 0 Å². The van der Waals surface area contributed by atoms with Crippen LogP contribution < -0.4 is 5.32 Å². The number of halogens is 1. The van der Waals surface area contributed by atoms with Gasteiger partial charge in [0.2, 0.25) is 6.35 Å². The van der Waals surface area contributed by atoms with Crippen molar-refractivity contribution in [1.82, 2.24) is 5.32 Å². The maximum atomic E-state index is 5.38. The van der Waals surface area contributed by atoms with Gasteiger partial charge in [-0.2, -0.15) is 0 Å². The van der Waals surface area contributed by atoms with Crippen LogP contribution >= 0.6 is 21.0 Å². The van der Waals surface area contributed by atoms with Crippen LogP contribution in [0.4, 0.5) is 0 Å². The molecule has 1 rings (SSSR count). The van der Waals surface area contributed by atoms with E-state index in [2.05, 4.69) is 20.3 Å². The zero-order chi connectivity index (χ0) is 7.40. The molecular formula is C6H13IN2O. The third-order valence-corrected chi connectivity index (χ3v) is 2.43. The van der Waals surface area contributed by atoms with Crippen LogP contribution in [0, 0.1) is 5.92 Å². The molecule has 0 aromatic heterocycles. The van der Waals surface area contributed by atoms with E-state index >= 15 is 0 Å². The van der Waals surface area contributed by atoms with Crippen molar-refractivity contribution < 1.29 is 4.74 Å². The van der Waals surface area contributed by atoms with Gasteiger partial charge in [0.15, 0.2) is 0 Å². The van der Waals surface area contributed by atoms with Gasteiger partial charge >= 0.3 is 0 Å². The predicted octanol–water partition coefficient (Wildman–Crippen LogP) is 1.31. The molecule has 0 radical (unpaired) electrons. The van der Waals surface area contributed by atoms with Gasteiger partial charge in [-0.3, -0.25) is 5.32 Å². The van der Waals surface area contributed by atoms with Crippen LogP contribution in [0.1, 0.15) is 6.92 Å². The molecule has 0 amide bonds. The summed E-state index contributed by atoms with van der Waals surface area (Å²) in [5.74, 6) is 0.640. The molecule has 0 bridgehead atoms. The topological polar surface area (TPSA) is 33.6 Å². The summed E-state index contributed by atoms with van der Waals surface area (Å²) >= 11 is 0.00515. The number of nitrogens with zero attached hydrogens (tertiary/aromatic N) is 1. The Balaban J connectivity index is 2.26. The largest absolute Gasteiger partial charge is 0.343 e. The predicted molar refractivity (Wildman–Crippen MR) is 49.3 cm³/mol. The van der Waals surface area contributed by atoms with Crippen molar-refractivity contribution >= 4 is 21.0 Å². The Bertz CT molecular complexity index is 121. The van der Waals surface area contributed by atoms with Crippen molar-refractivity contribution in [3.63, 3.8) is 0 Å². The number of nitrogens with one attached hydrogen (secondary N) is 1. The second-order valence-electron chi connectivity index (χ2n) is 2.47. The first-order valence-corrected chi connectivity index (χ1v) is 6.49. The van der Waals surface area contributed by atoms with Crippen molar-refractivity contribution in [2.75, 3.05) is 18.1 Å². The van der Waals surface area contributed by atoms with Crippen molar-refractivity contribution in [2.24, 2.45) is 9.06 Å². The molecule has 0 aromatic rings. The summed E-state index contributed by atoms with van der Waals surface area (Å²) < 4.78 is 9.68. The van der Waals surface area contributed by atoms with E-state index in [0.717, 1.165) is 13.2 Å². The van der Waals surface area contributed by atoms with E-state index in [0.29, 0.717) is 5.92 Å². The SMILES string of the molecule is CI=NC1NCC(C)CO1. The molecule has 0 aliphatic carbocycles. The van der Waals surface area contributed by atoms with Crippen LogP contribution in [0.25, 0.3) is 0 Å². The molecule has 0 aromatic carbocycles. The molecule has 4 heteroatoms. The maximum absolute atomic E-state index is 5.38. The first-order valence-electron chi connectivity index (χ1n) is 3.37. The molecule has 2 unspecified atom stereocenters. The van der Waals surface area contributed by atoms with Crippen LogP contribution in [-0.2, 0) is 4.74 Å². The fraction of sp³-hybridized carbons (Fsp3) is 1.00. The number of rotatable bonds is 1. The minimum atomic E-state index is 0.00515. The van der Waals surface area contributed by atoms with Crippen molar-refractivity contribution in [2.45, 2.75) is 13.3 Å². The van der Waals surface area contributed by atoms with Crippen LogP contribution in [-0.4, -0.2) is 24.4 Å². The number of ether oxygens (including phenoxy) is 1. The van der Waals surface area contributed by atoms with Gasteiger partial charge in [-0.1, -0.05) is 6.92 Å². The van der Waals surface area contributed by atoms with E-state index in [1.807, 2.05) is 0 Å². The molecule has 0 spiro atoms. The van der Waals surface area contributed by atoms with E-state index in [4.69, 9.17) is 4.74 Å². The highest BCUT2D eigenvalue weighted by atomic mass is 127. The van der Waals surface area contributed by atoms with Crippen molar-refractivity contribution in [1.29, 1.82) is 0 Å². The first kappa shape index (κ1) is 8.55. The van der Waals surface area contributed by atoms with Crippen LogP contribution in [0.5, 0.6) is 0 Å². The Kier molecular flexibility index (Phi) is 3.72. The summed E-state index contributed by atoms with van der Waals surface area (Å²) in [6.07, 6.45) is 0.00833. The Morgan fingerprint density at radius 2 is 2.50 bits per heavy atom. The van der Waals surface area contributed by atoms with Crippen LogP contribution in [0.3, 0.4) is 0 Å². The highest BCUT2D eigenvalue weighted by Gasteiger charge is 2.15. The highest BCUT2D eigenvalue weighted by molar-refractivity contribution is 14.2. The third kappa shape index (κ3) is 2.59. The first-order chi connectivity index (χ1) is 4.83. The molecule has 1 aliphatic rings. The van der Waals surface area contributed by atoms with E-state index in [1.54, 1.807) is 0 Å². The van der Waals surface area contributed by atoms with Gasteiger partial charge in [0.05, 0.1) is 6.61 Å². The lowest BCUT2D eigenvalue weighted by Crippen LogP contribution is -2.40. The van der Waals surface area contributed by atoms with Crippen molar-refractivity contribution in [3.8, 4) is 0 Å². The lowest BCUT2D eigenvalue weighted by atomic mass is 10.2. The number of hydrogen-bond acceptors (Lipinski definition) is 3. The average Bonchev–Trinajstić information content (AvgIpc) is 1.95. The zero-order valence-electron chi connectivity index (χ0n) is 6.30. The van der Waals surface area contributed by atoms with Gasteiger partial charge in [-0.25, -0.2) is 3.15 Å². The fourth-order valence-corrected chi connectivity index (χ4v) is 1.69. The second-order valence-corrected chi connectivity index (χ2v) is 3.99. The number of alkyl halides is 1. The minimum absolute atomic E-state index is 0.00515. The second kappa shape index (κ2) is 4.35. The summed E-state index contributed by atoms with van der Waals surface area (Å²) in [6.45, 7) is 4.06. The fourth-order valence-electron chi connectivity index (χ4n) is 0.827. The summed E-state index contributed by atoms with van der Waals surface area (Å²) in [7, 11) is 0. The van der Waals surface area contributed by atoms with Gasteiger partial charge < -0.3 is 4.74 Å². The van der Waals surface area contributed by atoms with Gasteiger partial charge in [0.1, 0.15) is 0 Å². The summed E-state index contributed by atoms with van der Waals surface area (Å²) in [5, 5.41) is 3.21. The quantitative estimate of drug-likeness (QED) is 0.567. The van der Waals surface area contributed by atoms with Crippen LogP contribution in [0.2, 0.25) is 0 Å². The third-order valence-electron chi connectivity index (χ3n) is 1.37. The normalized spacial score (nSPS) is 35.8. The molecule has 0 saturated carbocycles. The van der Waals surface area contributed by atoms with Crippen molar-refractivity contribution in [3.05, 3.63) is 0 Å². The summed E-state index contributed by atoms with van der Waals surface area (Å²) in [5.41, 5.74) is 0.